The third-order valence-electron chi connectivity index (χ3n) is 4.33. The Labute approximate surface area is 126 Å². The van der Waals surface area contributed by atoms with Gasteiger partial charge in [-0.25, -0.2) is 4.39 Å². The highest BCUT2D eigenvalue weighted by molar-refractivity contribution is 5.95. The summed E-state index contributed by atoms with van der Waals surface area (Å²) in [6.07, 6.45) is 3.83. The first kappa shape index (κ1) is 16.1. The molecule has 1 fully saturated rings. The van der Waals surface area contributed by atoms with Crippen LogP contribution in [0.5, 0.6) is 0 Å². The Morgan fingerprint density at radius 3 is 2.43 bits per heavy atom. The Morgan fingerprint density at radius 2 is 1.86 bits per heavy atom. The Hall–Kier alpha value is -1.26. The average molecular weight is 292 g/mol. The highest BCUT2D eigenvalue weighted by Gasteiger charge is 2.20. The topological polar surface area (TPSA) is 23.6 Å². The fourth-order valence-electron chi connectivity index (χ4n) is 2.90. The van der Waals surface area contributed by atoms with Crippen molar-refractivity contribution in [3.8, 4) is 0 Å². The van der Waals surface area contributed by atoms with E-state index in [9.17, 15) is 9.18 Å². The van der Waals surface area contributed by atoms with Gasteiger partial charge >= 0.3 is 0 Å². The number of Topliss-reactive ketones (excluding diaryl/α,β-unsaturated/α-hetero) is 1. The maximum atomic E-state index is 12.8. The maximum Gasteiger partial charge on any atom is 0.162 e. The highest BCUT2D eigenvalue weighted by Crippen LogP contribution is 2.15. The van der Waals surface area contributed by atoms with Crippen LogP contribution in [0.3, 0.4) is 0 Å². The molecule has 4 heteroatoms. The van der Waals surface area contributed by atoms with E-state index in [2.05, 4.69) is 23.9 Å². The van der Waals surface area contributed by atoms with E-state index in [1.165, 1.54) is 25.0 Å². The Bertz CT molecular complexity index is 450. The fraction of sp³-hybridized carbons (Fsp3) is 0.588. The summed E-state index contributed by atoms with van der Waals surface area (Å²) in [6.45, 7) is 3.22. The van der Waals surface area contributed by atoms with Crippen LogP contribution >= 0.6 is 0 Å². The molecule has 3 nitrogen and oxygen atoms in total. The van der Waals surface area contributed by atoms with Crippen LogP contribution in [0, 0.1) is 5.82 Å². The van der Waals surface area contributed by atoms with E-state index >= 15 is 0 Å². The number of ketones is 1. The van der Waals surface area contributed by atoms with Gasteiger partial charge in [0.25, 0.3) is 0 Å². The second kappa shape index (κ2) is 7.66. The number of likely N-dealkylation sites (tertiary alicyclic amines) is 1. The molecule has 1 saturated heterocycles. The molecular weight excluding hydrogens is 267 g/mol. The normalized spacial score (nSPS) is 17.3. The first-order valence-corrected chi connectivity index (χ1v) is 7.74. The minimum Gasteiger partial charge on any atom is -0.306 e. The van der Waals surface area contributed by atoms with Crippen LogP contribution in [0.2, 0.25) is 0 Å². The van der Waals surface area contributed by atoms with Crippen molar-refractivity contribution in [3.63, 3.8) is 0 Å². The lowest BCUT2D eigenvalue weighted by Gasteiger charge is -2.35. The number of hydrogen-bond donors (Lipinski definition) is 0. The Balaban J connectivity index is 1.68. The largest absolute Gasteiger partial charge is 0.306 e. The van der Waals surface area contributed by atoms with E-state index in [1.54, 1.807) is 12.1 Å². The number of piperidine rings is 1. The van der Waals surface area contributed by atoms with Crippen LogP contribution in [-0.4, -0.2) is 55.4 Å². The van der Waals surface area contributed by atoms with Crippen molar-refractivity contribution in [3.05, 3.63) is 35.6 Å². The van der Waals surface area contributed by atoms with E-state index in [4.69, 9.17) is 0 Å². The number of rotatable bonds is 6. The first-order valence-electron chi connectivity index (χ1n) is 7.74. The summed E-state index contributed by atoms with van der Waals surface area (Å²) >= 11 is 0. The van der Waals surface area contributed by atoms with Gasteiger partial charge in [0, 0.05) is 18.0 Å². The van der Waals surface area contributed by atoms with Crippen molar-refractivity contribution in [1.29, 1.82) is 0 Å². The molecule has 0 atom stereocenters. The zero-order valence-corrected chi connectivity index (χ0v) is 13.0. The van der Waals surface area contributed by atoms with Gasteiger partial charge < -0.3 is 9.80 Å². The third kappa shape index (κ3) is 4.90. The number of carbonyl (C=O) groups is 1. The van der Waals surface area contributed by atoms with Crippen LogP contribution in [-0.2, 0) is 0 Å². The predicted octanol–water partition coefficient (Wildman–Crippen LogP) is 2.81. The molecule has 0 unspecified atom stereocenters. The van der Waals surface area contributed by atoms with Crippen LogP contribution in [0.4, 0.5) is 4.39 Å². The molecular formula is C17H25FN2O. The summed E-state index contributed by atoms with van der Waals surface area (Å²) in [7, 11) is 4.28. The predicted molar refractivity (Wildman–Crippen MR) is 83.1 cm³/mol. The Morgan fingerprint density at radius 1 is 1.24 bits per heavy atom. The molecule has 0 aromatic heterocycles. The van der Waals surface area contributed by atoms with Crippen molar-refractivity contribution in [2.75, 3.05) is 33.7 Å². The molecule has 0 aliphatic carbocycles. The molecule has 1 aromatic carbocycles. The van der Waals surface area contributed by atoms with Gasteiger partial charge in [-0.15, -0.1) is 0 Å². The second-order valence-corrected chi connectivity index (χ2v) is 6.07. The Kier molecular flexibility index (Phi) is 5.88. The lowest BCUT2D eigenvalue weighted by atomic mass is 10.0. The molecule has 21 heavy (non-hydrogen) atoms. The fourth-order valence-corrected chi connectivity index (χ4v) is 2.90. The van der Waals surface area contributed by atoms with Gasteiger partial charge in [-0.05, 0) is 77.3 Å². The number of hydrogen-bond acceptors (Lipinski definition) is 3. The first-order chi connectivity index (χ1) is 10.1. The summed E-state index contributed by atoms with van der Waals surface area (Å²) in [4.78, 5) is 16.7. The molecule has 1 aromatic rings. The molecule has 0 saturated carbocycles. The summed E-state index contributed by atoms with van der Waals surface area (Å²) < 4.78 is 12.8. The van der Waals surface area contributed by atoms with Gasteiger partial charge in [0.2, 0.25) is 0 Å². The minimum absolute atomic E-state index is 0.109. The van der Waals surface area contributed by atoms with E-state index in [1.807, 2.05) is 0 Å². The van der Waals surface area contributed by atoms with Crippen LogP contribution in [0.25, 0.3) is 0 Å². The third-order valence-corrected chi connectivity index (χ3v) is 4.33. The van der Waals surface area contributed by atoms with Crippen molar-refractivity contribution >= 4 is 5.78 Å². The zero-order chi connectivity index (χ0) is 15.2. The van der Waals surface area contributed by atoms with Gasteiger partial charge in [0.1, 0.15) is 5.82 Å². The molecule has 1 heterocycles. The smallest absolute Gasteiger partial charge is 0.162 e. The van der Waals surface area contributed by atoms with E-state index in [0.29, 0.717) is 18.0 Å². The summed E-state index contributed by atoms with van der Waals surface area (Å²) in [5, 5.41) is 0. The molecule has 116 valence electrons. The van der Waals surface area contributed by atoms with Gasteiger partial charge in [-0.1, -0.05) is 0 Å². The van der Waals surface area contributed by atoms with Crippen molar-refractivity contribution in [2.24, 2.45) is 0 Å². The number of nitrogens with zero attached hydrogens (tertiary/aromatic N) is 2. The van der Waals surface area contributed by atoms with E-state index in [0.717, 1.165) is 26.1 Å². The SMILES string of the molecule is CN(C)C1CCN(CCCC(=O)c2ccc(F)cc2)CC1. The number of carbonyl (C=O) groups excluding carboxylic acids is 1. The summed E-state index contributed by atoms with van der Waals surface area (Å²) in [5.41, 5.74) is 0.614. The van der Waals surface area contributed by atoms with Gasteiger partial charge in [0.15, 0.2) is 5.78 Å². The zero-order valence-electron chi connectivity index (χ0n) is 13.0. The second-order valence-electron chi connectivity index (χ2n) is 6.07. The molecule has 2 rings (SSSR count). The number of benzene rings is 1. The highest BCUT2D eigenvalue weighted by atomic mass is 19.1. The summed E-state index contributed by atoms with van der Waals surface area (Å²) in [5.74, 6) is -0.187. The molecule has 0 radical (unpaired) electrons. The molecule has 0 bridgehead atoms. The molecule has 0 spiro atoms. The lowest BCUT2D eigenvalue weighted by Crippen LogP contribution is -2.42. The van der Waals surface area contributed by atoms with Crippen molar-refractivity contribution in [1.82, 2.24) is 9.80 Å². The maximum absolute atomic E-state index is 12.8. The minimum atomic E-state index is -0.296. The lowest BCUT2D eigenvalue weighted by molar-refractivity contribution is 0.0966. The quantitative estimate of drug-likeness (QED) is 0.753. The monoisotopic (exact) mass is 292 g/mol. The van der Waals surface area contributed by atoms with Crippen LogP contribution < -0.4 is 0 Å². The average Bonchev–Trinajstić information content (AvgIpc) is 2.48. The number of halogens is 1. The van der Waals surface area contributed by atoms with Crippen molar-refractivity contribution < 1.29 is 9.18 Å². The van der Waals surface area contributed by atoms with E-state index < -0.39 is 0 Å². The van der Waals surface area contributed by atoms with Crippen LogP contribution in [0.15, 0.2) is 24.3 Å². The van der Waals surface area contributed by atoms with Gasteiger partial charge in [-0.2, -0.15) is 0 Å². The molecule has 1 aliphatic heterocycles. The van der Waals surface area contributed by atoms with Gasteiger partial charge in [0.05, 0.1) is 0 Å². The summed E-state index contributed by atoms with van der Waals surface area (Å²) in [6, 6.07) is 6.53. The molecule has 0 amide bonds. The van der Waals surface area contributed by atoms with Crippen molar-refractivity contribution in [2.45, 2.75) is 31.7 Å². The standard InChI is InChI=1S/C17H25FN2O/c1-19(2)16-9-12-20(13-10-16)11-3-4-17(21)14-5-7-15(18)8-6-14/h5-8,16H,3-4,9-13H2,1-2H3. The molecule has 1 aliphatic rings. The van der Waals surface area contributed by atoms with E-state index in [-0.39, 0.29) is 11.6 Å². The van der Waals surface area contributed by atoms with Gasteiger partial charge in [-0.3, -0.25) is 4.79 Å². The molecule has 0 N–H and O–H groups in total. The van der Waals surface area contributed by atoms with Crippen LogP contribution in [0.1, 0.15) is 36.0 Å².